The zero-order valence-corrected chi connectivity index (χ0v) is 25.8. The molecule has 0 aliphatic carbocycles. The van der Waals surface area contributed by atoms with Gasteiger partial charge in [-0.05, 0) is 86.6 Å². The van der Waals surface area contributed by atoms with Crippen LogP contribution in [0.15, 0.2) is 97.1 Å². The zero-order valence-electron chi connectivity index (χ0n) is 25.8. The van der Waals surface area contributed by atoms with Gasteiger partial charge in [0.05, 0.1) is 0 Å². The van der Waals surface area contributed by atoms with E-state index < -0.39 is 0 Å². The van der Waals surface area contributed by atoms with Crippen molar-refractivity contribution in [3.8, 4) is 11.5 Å². The van der Waals surface area contributed by atoms with Crippen molar-refractivity contribution >= 4 is 46.4 Å². The fourth-order valence-corrected chi connectivity index (χ4v) is 3.18. The largest absolute Gasteiger partial charge is 0.508 e. The maximum absolute atomic E-state index is 10.6. The summed E-state index contributed by atoms with van der Waals surface area (Å²) in [5.41, 5.74) is 5.47. The topological polar surface area (TPSA) is 157 Å². The summed E-state index contributed by atoms with van der Waals surface area (Å²) in [6, 6.07) is 28.0. The first-order chi connectivity index (χ1) is 20.7. The number of phenols is 2. The molecule has 0 unspecified atom stereocenters. The predicted octanol–water partition coefficient (Wildman–Crippen LogP) is 6.61. The number of aromatic hydroxyl groups is 2. The Bertz CT molecular complexity index is 1240. The van der Waals surface area contributed by atoms with Crippen LogP contribution < -0.4 is 21.3 Å². The van der Waals surface area contributed by atoms with Gasteiger partial charge in [0.15, 0.2) is 0 Å². The van der Waals surface area contributed by atoms with Crippen LogP contribution >= 0.6 is 0 Å². The number of benzene rings is 4. The number of nitrogens with one attached hydrogen (secondary N) is 4. The summed E-state index contributed by atoms with van der Waals surface area (Å²) in [7, 11) is 0. The number of rotatable bonds is 4. The number of aryl methyl sites for hydroxylation is 2. The maximum atomic E-state index is 10.6. The quantitative estimate of drug-likeness (QED) is 0.145. The van der Waals surface area contributed by atoms with Gasteiger partial charge in [-0.3, -0.25) is 19.2 Å². The van der Waals surface area contributed by atoms with Gasteiger partial charge in [0.2, 0.25) is 23.6 Å². The number of amides is 4. The lowest BCUT2D eigenvalue weighted by Crippen LogP contribution is -2.05. The SMILES string of the molecule is CC(=O)Nc1ccc(C)cc1.CC(=O)Nc1ccc(C)cc1.CC(=O)Nc1ccc(O)cc1.CC(=O)Nc1ccc(O)cc1. The van der Waals surface area contributed by atoms with E-state index in [0.29, 0.717) is 11.4 Å². The Balaban J connectivity index is 0.000000293. The molecular formula is C34H40N4O6. The molecule has 0 spiro atoms. The summed E-state index contributed by atoms with van der Waals surface area (Å²) in [6.45, 7) is 9.90. The molecule has 10 nitrogen and oxygen atoms in total. The lowest BCUT2D eigenvalue weighted by molar-refractivity contribution is -0.115. The van der Waals surface area contributed by atoms with Crippen LogP contribution in [0.2, 0.25) is 0 Å². The molecule has 0 saturated heterocycles. The van der Waals surface area contributed by atoms with Crippen LogP contribution in [0.4, 0.5) is 22.7 Å². The number of anilines is 4. The number of phenolic OH excluding ortho intramolecular Hbond substituents is 2. The molecule has 0 aliphatic rings. The van der Waals surface area contributed by atoms with Gasteiger partial charge in [0.1, 0.15) is 11.5 Å². The molecule has 4 rings (SSSR count). The van der Waals surface area contributed by atoms with E-state index in [1.807, 2.05) is 62.4 Å². The average Bonchev–Trinajstić information content (AvgIpc) is 2.94. The number of carbonyl (C=O) groups excluding carboxylic acids is 4. The summed E-state index contributed by atoms with van der Waals surface area (Å²) >= 11 is 0. The van der Waals surface area contributed by atoms with E-state index in [0.717, 1.165) is 11.4 Å². The van der Waals surface area contributed by atoms with Crippen molar-refractivity contribution in [3.05, 3.63) is 108 Å². The Morgan fingerprint density at radius 3 is 0.750 bits per heavy atom. The van der Waals surface area contributed by atoms with Gasteiger partial charge in [-0.15, -0.1) is 0 Å². The zero-order chi connectivity index (χ0) is 33.1. The molecular weight excluding hydrogens is 560 g/mol. The monoisotopic (exact) mass is 600 g/mol. The van der Waals surface area contributed by atoms with Crippen molar-refractivity contribution in [1.29, 1.82) is 0 Å². The molecule has 232 valence electrons. The lowest BCUT2D eigenvalue weighted by atomic mass is 10.2. The van der Waals surface area contributed by atoms with Crippen molar-refractivity contribution in [2.24, 2.45) is 0 Å². The first-order valence-corrected chi connectivity index (χ1v) is 13.5. The highest BCUT2D eigenvalue weighted by molar-refractivity contribution is 5.90. The third-order valence-corrected chi connectivity index (χ3v) is 5.12. The standard InChI is InChI=1S/2C9H11NO.2C8H9NO2/c2*1-7-3-5-9(6-4-7)10-8(2)11;2*1-6(10)9-7-2-4-8(11)5-3-7/h2*3-6H,1-2H3,(H,10,11);2*2-5,11H,1H3,(H,9,10). The molecule has 0 fully saturated rings. The van der Waals surface area contributed by atoms with Gasteiger partial charge < -0.3 is 31.5 Å². The van der Waals surface area contributed by atoms with Crippen LogP contribution in [0.25, 0.3) is 0 Å². The van der Waals surface area contributed by atoms with Gasteiger partial charge >= 0.3 is 0 Å². The molecule has 0 atom stereocenters. The minimum atomic E-state index is -0.115. The minimum Gasteiger partial charge on any atom is -0.508 e. The summed E-state index contributed by atoms with van der Waals surface area (Å²) in [5, 5.41) is 28.3. The molecule has 0 aliphatic heterocycles. The van der Waals surface area contributed by atoms with Gasteiger partial charge in [-0.1, -0.05) is 35.4 Å². The van der Waals surface area contributed by atoms with E-state index >= 15 is 0 Å². The first-order valence-electron chi connectivity index (χ1n) is 13.5. The molecule has 0 bridgehead atoms. The van der Waals surface area contributed by atoms with Crippen molar-refractivity contribution < 1.29 is 29.4 Å². The summed E-state index contributed by atoms with van der Waals surface area (Å²) < 4.78 is 0. The highest BCUT2D eigenvalue weighted by Gasteiger charge is 1.95. The van der Waals surface area contributed by atoms with E-state index in [2.05, 4.69) is 21.3 Å². The van der Waals surface area contributed by atoms with Gasteiger partial charge in [-0.2, -0.15) is 0 Å². The summed E-state index contributed by atoms with van der Waals surface area (Å²) in [5.74, 6) is 0.0901. The van der Waals surface area contributed by atoms with Crippen molar-refractivity contribution in [3.63, 3.8) is 0 Å². The molecule has 0 aromatic heterocycles. The first kappa shape index (κ1) is 36.4. The Kier molecular flexibility index (Phi) is 16.1. The second-order valence-corrected chi connectivity index (χ2v) is 9.55. The molecule has 4 aromatic rings. The second-order valence-electron chi connectivity index (χ2n) is 9.55. The van der Waals surface area contributed by atoms with E-state index in [9.17, 15) is 19.2 Å². The highest BCUT2D eigenvalue weighted by Crippen LogP contribution is 2.14. The van der Waals surface area contributed by atoms with Crippen LogP contribution in [0.3, 0.4) is 0 Å². The van der Waals surface area contributed by atoms with Crippen LogP contribution in [0.5, 0.6) is 11.5 Å². The second kappa shape index (κ2) is 19.5. The third-order valence-electron chi connectivity index (χ3n) is 5.12. The average molecular weight is 601 g/mol. The number of hydrogen-bond acceptors (Lipinski definition) is 6. The van der Waals surface area contributed by atoms with E-state index in [1.165, 1.54) is 63.1 Å². The van der Waals surface area contributed by atoms with E-state index in [1.54, 1.807) is 24.3 Å². The van der Waals surface area contributed by atoms with Gasteiger partial charge in [0, 0.05) is 50.4 Å². The molecule has 44 heavy (non-hydrogen) atoms. The number of carbonyl (C=O) groups is 4. The fourth-order valence-electron chi connectivity index (χ4n) is 3.18. The maximum Gasteiger partial charge on any atom is 0.221 e. The fraction of sp³-hybridized carbons (Fsp3) is 0.176. The van der Waals surface area contributed by atoms with Gasteiger partial charge in [0.25, 0.3) is 0 Å². The molecule has 4 amide bonds. The smallest absolute Gasteiger partial charge is 0.221 e. The third kappa shape index (κ3) is 17.9. The van der Waals surface area contributed by atoms with E-state index in [-0.39, 0.29) is 35.1 Å². The Morgan fingerprint density at radius 1 is 0.386 bits per heavy atom. The molecule has 0 saturated carbocycles. The summed E-state index contributed by atoms with van der Waals surface area (Å²) in [4.78, 5) is 42.2. The normalized spacial score (nSPS) is 9.23. The molecule has 10 heteroatoms. The van der Waals surface area contributed by atoms with Crippen molar-refractivity contribution in [1.82, 2.24) is 0 Å². The minimum absolute atomic E-state index is 0.0335. The lowest BCUT2D eigenvalue weighted by Gasteiger charge is -2.00. The Hall–Kier alpha value is -5.64. The predicted molar refractivity (Wildman–Crippen MR) is 176 cm³/mol. The van der Waals surface area contributed by atoms with Crippen molar-refractivity contribution in [2.75, 3.05) is 21.3 Å². The summed E-state index contributed by atoms with van der Waals surface area (Å²) in [6.07, 6.45) is 0. The van der Waals surface area contributed by atoms with Crippen LogP contribution in [-0.4, -0.2) is 33.8 Å². The molecule has 4 aromatic carbocycles. The van der Waals surface area contributed by atoms with Crippen LogP contribution in [0, 0.1) is 13.8 Å². The van der Waals surface area contributed by atoms with Crippen LogP contribution in [-0.2, 0) is 19.2 Å². The van der Waals surface area contributed by atoms with Crippen LogP contribution in [0.1, 0.15) is 38.8 Å². The molecule has 0 radical (unpaired) electrons. The highest BCUT2D eigenvalue weighted by atomic mass is 16.3. The Morgan fingerprint density at radius 2 is 0.568 bits per heavy atom. The molecule has 0 heterocycles. The molecule has 6 N–H and O–H groups in total. The van der Waals surface area contributed by atoms with Gasteiger partial charge in [-0.25, -0.2) is 0 Å². The number of hydrogen-bond donors (Lipinski definition) is 6. The van der Waals surface area contributed by atoms with E-state index in [4.69, 9.17) is 10.2 Å². The van der Waals surface area contributed by atoms with Crippen molar-refractivity contribution in [2.45, 2.75) is 41.5 Å². The Labute approximate surface area is 258 Å².